The molecule has 0 aliphatic heterocycles. The summed E-state index contributed by atoms with van der Waals surface area (Å²) < 4.78 is 11.4. The highest BCUT2D eigenvalue weighted by Crippen LogP contribution is 2.31. The van der Waals surface area contributed by atoms with Crippen LogP contribution in [0.1, 0.15) is 5.56 Å². The molecule has 0 aliphatic rings. The number of hydrogen-bond acceptors (Lipinski definition) is 2. The topological polar surface area (TPSA) is 44.3 Å². The van der Waals surface area contributed by atoms with Crippen LogP contribution in [0.4, 0.5) is 0 Å². The third-order valence-corrected chi connectivity index (χ3v) is 3.03. The molecule has 2 aromatic rings. The van der Waals surface area contributed by atoms with Gasteiger partial charge in [-0.2, -0.15) is 5.26 Å². The molecule has 17 heavy (non-hydrogen) atoms. The van der Waals surface area contributed by atoms with Crippen molar-refractivity contribution < 1.29 is 8.84 Å². The van der Waals surface area contributed by atoms with Gasteiger partial charge in [-0.3, -0.25) is 0 Å². The molecule has 0 spiro atoms. The lowest BCUT2D eigenvalue weighted by Gasteiger charge is -2.19. The van der Waals surface area contributed by atoms with Gasteiger partial charge in [-0.1, -0.05) is 12.1 Å². The first-order chi connectivity index (χ1) is 8.01. The number of para-hydroxylation sites is 1. The highest BCUT2D eigenvalue weighted by molar-refractivity contribution is 6.70. The summed E-state index contributed by atoms with van der Waals surface area (Å²) in [5.41, 5.74) is 1.19. The van der Waals surface area contributed by atoms with Crippen molar-refractivity contribution in [1.82, 2.24) is 0 Å². The summed E-state index contributed by atoms with van der Waals surface area (Å²) in [6, 6.07) is 9.71. The smallest absolute Gasteiger partial charge is 0.363 e. The summed E-state index contributed by atoms with van der Waals surface area (Å²) in [6.07, 6.45) is 1.46. The van der Waals surface area contributed by atoms with E-state index in [1.54, 1.807) is 0 Å². The first kappa shape index (κ1) is 11.6. The fourth-order valence-corrected chi connectivity index (χ4v) is 2.40. The maximum Gasteiger partial charge on any atom is 0.363 e. The fraction of sp³-hybridized carbons (Fsp3) is 0.231. The molecular weight excluding hydrogens is 230 g/mol. The van der Waals surface area contributed by atoms with Crippen molar-refractivity contribution in [2.45, 2.75) is 19.6 Å². The summed E-state index contributed by atoms with van der Waals surface area (Å²) in [4.78, 5) is 0. The lowest BCUT2D eigenvalue weighted by molar-refractivity contribution is 0.542. The SMILES string of the molecule is C[Si](C)(C)Oc1c(C#N)c[o+]c2ccccc12. The highest BCUT2D eigenvalue weighted by Gasteiger charge is 2.24. The van der Waals surface area contributed by atoms with Crippen molar-refractivity contribution in [3.05, 3.63) is 36.1 Å². The molecule has 0 fully saturated rings. The lowest BCUT2D eigenvalue weighted by atomic mass is 10.2. The Morgan fingerprint density at radius 1 is 1.24 bits per heavy atom. The average molecular weight is 244 g/mol. The number of nitrogens with zero attached hydrogens (tertiary/aromatic N) is 1. The van der Waals surface area contributed by atoms with Gasteiger partial charge in [-0.15, -0.1) is 0 Å². The molecule has 0 amide bonds. The molecule has 0 aliphatic carbocycles. The normalized spacial score (nSPS) is 11.2. The van der Waals surface area contributed by atoms with E-state index in [1.807, 2.05) is 24.3 Å². The van der Waals surface area contributed by atoms with Crippen molar-refractivity contribution in [2.24, 2.45) is 0 Å². The zero-order chi connectivity index (χ0) is 12.5. The highest BCUT2D eigenvalue weighted by atomic mass is 28.4. The zero-order valence-electron chi connectivity index (χ0n) is 10.2. The Morgan fingerprint density at radius 2 is 1.94 bits per heavy atom. The molecule has 0 radical (unpaired) electrons. The Morgan fingerprint density at radius 3 is 2.59 bits per heavy atom. The largest absolute Gasteiger partial charge is 0.543 e. The van der Waals surface area contributed by atoms with Crippen molar-refractivity contribution in [1.29, 1.82) is 5.26 Å². The van der Waals surface area contributed by atoms with Crippen LogP contribution >= 0.6 is 0 Å². The van der Waals surface area contributed by atoms with E-state index in [-0.39, 0.29) is 0 Å². The molecule has 0 saturated carbocycles. The van der Waals surface area contributed by atoms with Gasteiger partial charge in [-0.25, -0.2) is 4.42 Å². The van der Waals surface area contributed by atoms with E-state index < -0.39 is 8.32 Å². The number of fused-ring (bicyclic) bond motifs is 1. The minimum atomic E-state index is -1.76. The molecule has 0 saturated heterocycles. The van der Waals surface area contributed by atoms with Crippen molar-refractivity contribution in [2.75, 3.05) is 0 Å². The summed E-state index contributed by atoms with van der Waals surface area (Å²) in [7, 11) is -1.76. The standard InChI is InChI=1S/C13H14NO2Si/c1-17(2,3)16-13-10(8-14)9-15-12-7-5-4-6-11(12)13/h4-7,9H,1-3H3/q+1. The summed E-state index contributed by atoms with van der Waals surface area (Å²) in [5.74, 6) is 0.647. The molecule has 0 atom stereocenters. The van der Waals surface area contributed by atoms with Gasteiger partial charge < -0.3 is 4.43 Å². The summed E-state index contributed by atoms with van der Waals surface area (Å²) in [6.45, 7) is 6.27. The molecule has 2 rings (SSSR count). The van der Waals surface area contributed by atoms with Crippen LogP contribution in [0.3, 0.4) is 0 Å². The predicted molar refractivity (Wildman–Crippen MR) is 69.3 cm³/mol. The molecule has 1 heterocycles. The van der Waals surface area contributed by atoms with Gasteiger partial charge in [0.1, 0.15) is 17.2 Å². The first-order valence-electron chi connectivity index (χ1n) is 5.44. The molecule has 0 unspecified atom stereocenters. The van der Waals surface area contributed by atoms with Crippen LogP contribution < -0.4 is 4.43 Å². The van der Waals surface area contributed by atoms with Crippen LogP contribution in [0, 0.1) is 11.3 Å². The van der Waals surface area contributed by atoms with E-state index in [1.165, 1.54) is 6.26 Å². The van der Waals surface area contributed by atoms with Gasteiger partial charge in [0.2, 0.25) is 8.32 Å². The minimum absolute atomic E-state index is 0.450. The van der Waals surface area contributed by atoms with Crippen molar-refractivity contribution in [3.8, 4) is 11.8 Å². The van der Waals surface area contributed by atoms with E-state index in [2.05, 4.69) is 25.7 Å². The van der Waals surface area contributed by atoms with E-state index in [0.717, 1.165) is 11.0 Å². The molecule has 3 nitrogen and oxygen atoms in total. The number of benzene rings is 1. The maximum absolute atomic E-state index is 9.10. The predicted octanol–water partition coefficient (Wildman–Crippen LogP) is 3.80. The molecule has 1 aromatic heterocycles. The molecule has 0 N–H and O–H groups in total. The second-order valence-corrected chi connectivity index (χ2v) is 9.23. The van der Waals surface area contributed by atoms with Crippen molar-refractivity contribution >= 4 is 19.3 Å². The maximum atomic E-state index is 9.10. The third kappa shape index (κ3) is 2.45. The Balaban J connectivity index is 2.68. The monoisotopic (exact) mass is 244 g/mol. The van der Waals surface area contributed by atoms with Gasteiger partial charge in [0.05, 0.1) is 0 Å². The molecule has 1 aromatic carbocycles. The van der Waals surface area contributed by atoms with Crippen LogP contribution in [-0.2, 0) is 0 Å². The summed E-state index contributed by atoms with van der Waals surface area (Å²) >= 11 is 0. The van der Waals surface area contributed by atoms with E-state index >= 15 is 0 Å². The minimum Gasteiger partial charge on any atom is -0.543 e. The number of hydrogen-bond donors (Lipinski definition) is 0. The van der Waals surface area contributed by atoms with Crippen molar-refractivity contribution in [3.63, 3.8) is 0 Å². The Labute approximate surface area is 101 Å². The van der Waals surface area contributed by atoms with Crippen LogP contribution in [0.15, 0.2) is 34.9 Å². The van der Waals surface area contributed by atoms with Gasteiger partial charge in [0.25, 0.3) is 0 Å². The summed E-state index contributed by atoms with van der Waals surface area (Å²) in [5, 5.41) is 9.96. The first-order valence-corrected chi connectivity index (χ1v) is 8.85. The zero-order valence-corrected chi connectivity index (χ0v) is 11.2. The van der Waals surface area contributed by atoms with Crippen LogP contribution in [0.25, 0.3) is 11.0 Å². The second kappa shape index (κ2) is 4.19. The van der Waals surface area contributed by atoms with E-state index in [9.17, 15) is 0 Å². The Kier molecular flexibility index (Phi) is 2.86. The number of rotatable bonds is 2. The van der Waals surface area contributed by atoms with Gasteiger partial charge in [-0.05, 0) is 25.7 Å². The molecule has 86 valence electrons. The van der Waals surface area contributed by atoms with E-state index in [4.69, 9.17) is 14.1 Å². The fourth-order valence-electron chi connectivity index (χ4n) is 1.57. The second-order valence-electron chi connectivity index (χ2n) is 4.80. The molecule has 4 heteroatoms. The Hall–Kier alpha value is -1.86. The third-order valence-electron chi connectivity index (χ3n) is 2.21. The lowest BCUT2D eigenvalue weighted by Crippen LogP contribution is -2.29. The number of nitriles is 1. The van der Waals surface area contributed by atoms with E-state index in [0.29, 0.717) is 11.3 Å². The Bertz CT molecular complexity index is 596. The average Bonchev–Trinajstić information content (AvgIpc) is 2.28. The van der Waals surface area contributed by atoms with Crippen LogP contribution in [-0.4, -0.2) is 8.32 Å². The van der Waals surface area contributed by atoms with Gasteiger partial charge in [0.15, 0.2) is 5.56 Å². The molecular formula is C13H14NO2Si+. The molecule has 0 bridgehead atoms. The van der Waals surface area contributed by atoms with Gasteiger partial charge >= 0.3 is 11.8 Å². The van der Waals surface area contributed by atoms with Crippen LogP contribution in [0.5, 0.6) is 5.75 Å². The van der Waals surface area contributed by atoms with Gasteiger partial charge in [0, 0.05) is 6.07 Å². The van der Waals surface area contributed by atoms with Crippen LogP contribution in [0.2, 0.25) is 19.6 Å². The quantitative estimate of drug-likeness (QED) is 0.596.